The number of nitrogens with one attached hydrogen (secondary N) is 2. The van der Waals surface area contributed by atoms with Gasteiger partial charge in [0.05, 0.1) is 23.3 Å². The largest absolute Gasteiger partial charge is 0.378 e. The summed E-state index contributed by atoms with van der Waals surface area (Å²) in [5.41, 5.74) is 0.282. The second-order valence-electron chi connectivity index (χ2n) is 5.35. The van der Waals surface area contributed by atoms with Crippen LogP contribution in [0.5, 0.6) is 0 Å². The van der Waals surface area contributed by atoms with Gasteiger partial charge in [0.25, 0.3) is 15.9 Å². The van der Waals surface area contributed by atoms with E-state index in [1.807, 2.05) is 0 Å². The Morgan fingerprint density at radius 1 is 1.12 bits per heavy atom. The van der Waals surface area contributed by atoms with E-state index in [0.29, 0.717) is 26.3 Å². The predicted molar refractivity (Wildman–Crippen MR) is 94.8 cm³/mol. The Hall–Kier alpha value is -1.74. The van der Waals surface area contributed by atoms with Gasteiger partial charge >= 0.3 is 0 Å². The van der Waals surface area contributed by atoms with Crippen LogP contribution in [-0.4, -0.2) is 50.5 Å². The molecule has 0 spiro atoms. The minimum atomic E-state index is -4.00. The maximum atomic E-state index is 12.5. The monoisotopic (exact) mass is 403 g/mol. The number of anilines is 1. The number of aromatic nitrogens is 1. The number of hydrogen-bond donors (Lipinski definition) is 2. The fraction of sp³-hybridized carbons (Fsp3) is 0.267. The number of carbonyl (C=O) groups excluding carboxylic acids is 1. The average Bonchev–Trinajstić information content (AvgIpc) is 3.02. The number of rotatable bonds is 4. The first-order valence-electron chi connectivity index (χ1n) is 7.41. The summed E-state index contributed by atoms with van der Waals surface area (Å²) in [6, 6.07) is 7.41. The highest BCUT2D eigenvalue weighted by atomic mass is 35.5. The van der Waals surface area contributed by atoms with Gasteiger partial charge in [-0.05, 0) is 24.3 Å². The van der Waals surface area contributed by atoms with Gasteiger partial charge in [-0.2, -0.15) is 0 Å². The van der Waals surface area contributed by atoms with Crippen molar-refractivity contribution in [1.82, 2.24) is 9.88 Å². The zero-order valence-electron chi connectivity index (χ0n) is 13.0. The van der Waals surface area contributed by atoms with E-state index in [9.17, 15) is 13.2 Å². The Morgan fingerprint density at radius 2 is 1.76 bits per heavy atom. The van der Waals surface area contributed by atoms with E-state index < -0.39 is 10.0 Å². The Morgan fingerprint density at radius 3 is 2.40 bits per heavy atom. The highest BCUT2D eigenvalue weighted by Gasteiger charge is 2.24. The second kappa shape index (κ2) is 7.25. The molecular weight excluding hydrogens is 389 g/mol. The van der Waals surface area contributed by atoms with Crippen molar-refractivity contribution >= 4 is 45.0 Å². The van der Waals surface area contributed by atoms with Crippen LogP contribution >= 0.6 is 23.2 Å². The van der Waals surface area contributed by atoms with Crippen molar-refractivity contribution in [2.45, 2.75) is 4.90 Å². The van der Waals surface area contributed by atoms with Gasteiger partial charge in [-0.25, -0.2) is 8.42 Å². The van der Waals surface area contributed by atoms with Gasteiger partial charge in [0.2, 0.25) is 0 Å². The Labute approximate surface area is 154 Å². The van der Waals surface area contributed by atoms with E-state index in [1.165, 1.54) is 24.3 Å². The summed E-state index contributed by atoms with van der Waals surface area (Å²) in [6.45, 7) is 1.95. The zero-order valence-corrected chi connectivity index (χ0v) is 15.3. The van der Waals surface area contributed by atoms with Crippen LogP contribution in [0.1, 0.15) is 10.5 Å². The van der Waals surface area contributed by atoms with Gasteiger partial charge < -0.3 is 14.6 Å². The lowest BCUT2D eigenvalue weighted by Gasteiger charge is -2.26. The number of halogens is 2. The minimum absolute atomic E-state index is 0.0103. The third kappa shape index (κ3) is 3.92. The molecule has 1 aliphatic heterocycles. The molecule has 2 heterocycles. The average molecular weight is 404 g/mol. The molecule has 1 aliphatic rings. The summed E-state index contributed by atoms with van der Waals surface area (Å²) in [6.07, 6.45) is 0. The third-order valence-corrected chi connectivity index (χ3v) is 5.97. The number of carbonyl (C=O) groups is 1. The van der Waals surface area contributed by atoms with Crippen molar-refractivity contribution < 1.29 is 17.9 Å². The number of morpholine rings is 1. The lowest BCUT2D eigenvalue weighted by Crippen LogP contribution is -2.40. The number of hydrogen-bond acceptors (Lipinski definition) is 4. The Balaban J connectivity index is 1.80. The van der Waals surface area contributed by atoms with Gasteiger partial charge in [-0.1, -0.05) is 29.3 Å². The molecule has 134 valence electrons. The molecule has 7 nitrogen and oxygen atoms in total. The number of aromatic amines is 1. The summed E-state index contributed by atoms with van der Waals surface area (Å²) in [4.78, 5) is 16.6. The van der Waals surface area contributed by atoms with E-state index >= 15 is 0 Å². The predicted octanol–water partition coefficient (Wildman–Crippen LogP) is 2.59. The number of amides is 1. The van der Waals surface area contributed by atoms with E-state index in [4.69, 9.17) is 27.9 Å². The molecule has 1 amide bonds. The van der Waals surface area contributed by atoms with Crippen molar-refractivity contribution in [2.24, 2.45) is 0 Å². The Bertz CT molecular complexity index is 872. The van der Waals surface area contributed by atoms with E-state index in [0.717, 1.165) is 0 Å². The normalized spacial score (nSPS) is 15.2. The van der Waals surface area contributed by atoms with Crippen molar-refractivity contribution in [3.8, 4) is 0 Å². The standard InChI is InChI=1S/C15H15Cl2N3O4S/c16-10-2-1-3-11(17)14(10)25(22,23)19-13-5-4-12(18-13)15(21)20-6-8-24-9-7-20/h1-5,18-19H,6-9H2. The van der Waals surface area contributed by atoms with Gasteiger partial charge in [-0.15, -0.1) is 0 Å². The minimum Gasteiger partial charge on any atom is -0.378 e. The number of benzene rings is 1. The van der Waals surface area contributed by atoms with Crippen LogP contribution < -0.4 is 4.72 Å². The molecule has 1 aromatic carbocycles. The first kappa shape index (κ1) is 18.1. The fourth-order valence-corrected chi connectivity index (χ4v) is 4.62. The molecule has 10 heteroatoms. The van der Waals surface area contributed by atoms with Crippen LogP contribution in [-0.2, 0) is 14.8 Å². The molecule has 3 rings (SSSR count). The maximum Gasteiger partial charge on any atom is 0.270 e. The number of sulfonamides is 1. The molecule has 0 aliphatic carbocycles. The first-order chi connectivity index (χ1) is 11.9. The number of H-pyrrole nitrogens is 1. The molecule has 1 fully saturated rings. The van der Waals surface area contributed by atoms with Gasteiger partial charge in [-0.3, -0.25) is 9.52 Å². The summed E-state index contributed by atoms with van der Waals surface area (Å²) < 4.78 is 32.6. The Kier molecular flexibility index (Phi) is 5.24. The van der Waals surface area contributed by atoms with Crippen molar-refractivity contribution in [3.05, 3.63) is 46.1 Å². The van der Waals surface area contributed by atoms with Gasteiger partial charge in [0.15, 0.2) is 0 Å². The van der Waals surface area contributed by atoms with Crippen LogP contribution in [0.2, 0.25) is 10.0 Å². The molecule has 0 unspecified atom stereocenters. The maximum absolute atomic E-state index is 12.5. The number of ether oxygens (including phenoxy) is 1. The third-order valence-electron chi connectivity index (χ3n) is 3.65. The van der Waals surface area contributed by atoms with Crippen LogP contribution in [0.4, 0.5) is 5.82 Å². The molecule has 2 aromatic rings. The van der Waals surface area contributed by atoms with Gasteiger partial charge in [0, 0.05) is 13.1 Å². The molecule has 1 saturated heterocycles. The fourth-order valence-electron chi connectivity index (χ4n) is 2.45. The lowest BCUT2D eigenvalue weighted by atomic mass is 10.3. The highest BCUT2D eigenvalue weighted by molar-refractivity contribution is 7.93. The molecule has 0 atom stereocenters. The molecule has 1 aromatic heterocycles. The highest BCUT2D eigenvalue weighted by Crippen LogP contribution is 2.30. The summed E-state index contributed by atoms with van der Waals surface area (Å²) in [7, 11) is -4.00. The smallest absolute Gasteiger partial charge is 0.270 e. The van der Waals surface area contributed by atoms with Crippen molar-refractivity contribution in [1.29, 1.82) is 0 Å². The number of nitrogens with zero attached hydrogens (tertiary/aromatic N) is 1. The first-order valence-corrected chi connectivity index (χ1v) is 9.65. The van der Waals surface area contributed by atoms with E-state index in [-0.39, 0.29) is 32.4 Å². The summed E-state index contributed by atoms with van der Waals surface area (Å²) in [5, 5.41) is 0.0207. The van der Waals surface area contributed by atoms with Crippen LogP contribution in [0.25, 0.3) is 0 Å². The van der Waals surface area contributed by atoms with Crippen LogP contribution in [0, 0.1) is 0 Å². The van der Waals surface area contributed by atoms with Crippen LogP contribution in [0.3, 0.4) is 0 Å². The van der Waals surface area contributed by atoms with E-state index in [1.54, 1.807) is 11.0 Å². The quantitative estimate of drug-likeness (QED) is 0.820. The summed E-state index contributed by atoms with van der Waals surface area (Å²) in [5.74, 6) is -0.0721. The zero-order chi connectivity index (χ0) is 18.0. The SMILES string of the molecule is O=C(c1ccc(NS(=O)(=O)c2c(Cl)cccc2Cl)[nH]1)N1CCOCC1. The van der Waals surface area contributed by atoms with Crippen LogP contribution in [0.15, 0.2) is 35.2 Å². The topological polar surface area (TPSA) is 91.5 Å². The lowest BCUT2D eigenvalue weighted by molar-refractivity contribution is 0.0299. The van der Waals surface area contributed by atoms with Crippen molar-refractivity contribution in [3.63, 3.8) is 0 Å². The van der Waals surface area contributed by atoms with Crippen molar-refractivity contribution in [2.75, 3.05) is 31.0 Å². The molecule has 0 saturated carbocycles. The second-order valence-corrected chi connectivity index (χ2v) is 7.78. The summed E-state index contributed by atoms with van der Waals surface area (Å²) >= 11 is 11.9. The van der Waals surface area contributed by atoms with Gasteiger partial charge in [0.1, 0.15) is 16.4 Å². The molecule has 25 heavy (non-hydrogen) atoms. The molecule has 2 N–H and O–H groups in total. The molecule has 0 bridgehead atoms. The molecule has 0 radical (unpaired) electrons. The van der Waals surface area contributed by atoms with E-state index in [2.05, 4.69) is 9.71 Å². The molecular formula is C15H15Cl2N3O4S.